The van der Waals surface area contributed by atoms with Crippen molar-refractivity contribution in [3.8, 4) is 11.8 Å². The van der Waals surface area contributed by atoms with Crippen molar-refractivity contribution in [1.82, 2.24) is 4.98 Å². The summed E-state index contributed by atoms with van der Waals surface area (Å²) in [6.45, 7) is 0. The molecule has 0 unspecified atom stereocenters. The lowest BCUT2D eigenvalue weighted by atomic mass is 10.1. The molecule has 17 heavy (non-hydrogen) atoms. The highest BCUT2D eigenvalue weighted by Gasteiger charge is 2.01. The van der Waals surface area contributed by atoms with Crippen LogP contribution in [0, 0.1) is 11.8 Å². The van der Waals surface area contributed by atoms with Gasteiger partial charge in [-0.2, -0.15) is 0 Å². The quantitative estimate of drug-likeness (QED) is 0.621. The van der Waals surface area contributed by atoms with Crippen LogP contribution in [-0.4, -0.2) is 16.1 Å². The van der Waals surface area contributed by atoms with E-state index >= 15 is 0 Å². The highest BCUT2D eigenvalue weighted by atomic mass is 35.5. The van der Waals surface area contributed by atoms with E-state index in [1.165, 1.54) is 0 Å². The van der Waals surface area contributed by atoms with E-state index in [-0.39, 0.29) is 6.42 Å². The lowest BCUT2D eigenvalue weighted by molar-refractivity contribution is -0.135. The third kappa shape index (κ3) is 2.74. The summed E-state index contributed by atoms with van der Waals surface area (Å²) in [5.74, 6) is 4.29. The number of pyridine rings is 1. The fourth-order valence-electron chi connectivity index (χ4n) is 1.40. The second kappa shape index (κ2) is 4.86. The van der Waals surface area contributed by atoms with Gasteiger partial charge in [0.2, 0.25) is 0 Å². The number of carboxylic acid groups (broad SMARTS) is 1. The molecule has 0 amide bonds. The summed E-state index contributed by atoms with van der Waals surface area (Å²) in [5.41, 5.74) is 1.34. The molecule has 0 bridgehead atoms. The van der Waals surface area contributed by atoms with Crippen LogP contribution < -0.4 is 0 Å². The summed E-state index contributed by atoms with van der Waals surface area (Å²) in [5, 5.41) is 9.70. The van der Waals surface area contributed by atoms with Crippen LogP contribution in [0.2, 0.25) is 5.15 Å². The number of carboxylic acids is 1. The van der Waals surface area contributed by atoms with Crippen LogP contribution in [0.3, 0.4) is 0 Å². The average Bonchev–Trinajstić information content (AvgIpc) is 2.29. The molecule has 0 atom stereocenters. The molecule has 1 heterocycles. The van der Waals surface area contributed by atoms with Gasteiger partial charge in [-0.25, -0.2) is 4.98 Å². The smallest absolute Gasteiger partial charge is 0.315 e. The minimum atomic E-state index is -0.956. The minimum Gasteiger partial charge on any atom is -0.481 e. The molecule has 0 radical (unpaired) electrons. The van der Waals surface area contributed by atoms with Gasteiger partial charge in [-0.15, -0.1) is 0 Å². The van der Waals surface area contributed by atoms with E-state index in [1.807, 2.05) is 24.3 Å². The molecular weight excluding hydrogens is 238 g/mol. The molecule has 0 saturated carbocycles. The van der Waals surface area contributed by atoms with Gasteiger partial charge in [0.05, 0.1) is 11.1 Å². The average molecular weight is 246 g/mol. The van der Waals surface area contributed by atoms with Gasteiger partial charge < -0.3 is 5.11 Å². The number of aromatic nitrogens is 1. The zero-order chi connectivity index (χ0) is 12.3. The third-order valence-electron chi connectivity index (χ3n) is 2.14. The predicted molar refractivity (Wildman–Crippen MR) is 65.9 cm³/mol. The maximum absolute atomic E-state index is 10.3. The lowest BCUT2D eigenvalue weighted by Gasteiger charge is -1.99. The van der Waals surface area contributed by atoms with Crippen molar-refractivity contribution in [2.75, 3.05) is 0 Å². The standard InChI is InChI=1S/C13H8ClNO2/c14-13-10(5-3-7-12(16)17)8-9-4-1-2-6-11(9)15-13/h1-2,4,6,8H,7H2,(H,16,17). The van der Waals surface area contributed by atoms with Gasteiger partial charge in [-0.05, 0) is 12.1 Å². The summed E-state index contributed by atoms with van der Waals surface area (Å²) in [4.78, 5) is 14.5. The molecule has 0 fully saturated rings. The molecule has 0 aliphatic heterocycles. The van der Waals surface area contributed by atoms with Crippen molar-refractivity contribution < 1.29 is 9.90 Å². The van der Waals surface area contributed by atoms with E-state index in [2.05, 4.69) is 16.8 Å². The summed E-state index contributed by atoms with van der Waals surface area (Å²) >= 11 is 5.96. The molecule has 1 aromatic carbocycles. The normalized spacial score (nSPS) is 9.71. The number of aliphatic carboxylic acids is 1. The second-order valence-electron chi connectivity index (χ2n) is 3.39. The Morgan fingerprint density at radius 2 is 2.18 bits per heavy atom. The molecule has 0 saturated heterocycles. The van der Waals surface area contributed by atoms with Crippen molar-refractivity contribution >= 4 is 28.5 Å². The molecule has 0 spiro atoms. The fourth-order valence-corrected chi connectivity index (χ4v) is 1.59. The summed E-state index contributed by atoms with van der Waals surface area (Å²) in [6.07, 6.45) is -0.205. The number of rotatable bonds is 1. The number of halogens is 1. The Kier molecular flexibility index (Phi) is 3.27. The topological polar surface area (TPSA) is 50.2 Å². The van der Waals surface area contributed by atoms with E-state index in [1.54, 1.807) is 6.07 Å². The lowest BCUT2D eigenvalue weighted by Crippen LogP contribution is -1.91. The number of hydrogen-bond donors (Lipinski definition) is 1. The molecule has 4 heteroatoms. The minimum absolute atomic E-state index is 0.205. The molecule has 1 N–H and O–H groups in total. The monoisotopic (exact) mass is 245 g/mol. The van der Waals surface area contributed by atoms with Crippen LogP contribution in [0.5, 0.6) is 0 Å². The summed E-state index contributed by atoms with van der Waals surface area (Å²) < 4.78 is 0. The van der Waals surface area contributed by atoms with Crippen LogP contribution >= 0.6 is 11.6 Å². The highest BCUT2D eigenvalue weighted by molar-refractivity contribution is 6.31. The van der Waals surface area contributed by atoms with E-state index in [4.69, 9.17) is 16.7 Å². The van der Waals surface area contributed by atoms with Crippen LogP contribution in [0.4, 0.5) is 0 Å². The Balaban J connectivity index is 2.43. The van der Waals surface area contributed by atoms with E-state index in [0.29, 0.717) is 10.7 Å². The van der Waals surface area contributed by atoms with E-state index in [0.717, 1.165) is 10.9 Å². The molecule has 0 aliphatic carbocycles. The maximum atomic E-state index is 10.3. The van der Waals surface area contributed by atoms with Crippen molar-refractivity contribution in [2.24, 2.45) is 0 Å². The van der Waals surface area contributed by atoms with Gasteiger partial charge in [0.1, 0.15) is 11.6 Å². The van der Waals surface area contributed by atoms with Gasteiger partial charge in [0, 0.05) is 5.39 Å². The number of carbonyl (C=O) groups is 1. The molecule has 84 valence electrons. The number of nitrogens with zero attached hydrogens (tertiary/aromatic N) is 1. The van der Waals surface area contributed by atoms with Gasteiger partial charge >= 0.3 is 5.97 Å². The van der Waals surface area contributed by atoms with E-state index < -0.39 is 5.97 Å². The van der Waals surface area contributed by atoms with Gasteiger partial charge in [-0.1, -0.05) is 41.6 Å². The van der Waals surface area contributed by atoms with Crippen molar-refractivity contribution in [3.63, 3.8) is 0 Å². The van der Waals surface area contributed by atoms with Gasteiger partial charge in [0.25, 0.3) is 0 Å². The predicted octanol–water partition coefficient (Wildman–Crippen LogP) is 2.71. The molecule has 2 aromatic rings. The first-order valence-electron chi connectivity index (χ1n) is 4.93. The van der Waals surface area contributed by atoms with Crippen molar-refractivity contribution in [3.05, 3.63) is 41.0 Å². The molecule has 3 nitrogen and oxygen atoms in total. The Hall–Kier alpha value is -2.05. The van der Waals surface area contributed by atoms with Crippen molar-refractivity contribution in [2.45, 2.75) is 6.42 Å². The Morgan fingerprint density at radius 1 is 1.41 bits per heavy atom. The zero-order valence-corrected chi connectivity index (χ0v) is 9.53. The molecule has 1 aromatic heterocycles. The van der Waals surface area contributed by atoms with Crippen LogP contribution in [0.1, 0.15) is 12.0 Å². The van der Waals surface area contributed by atoms with Crippen LogP contribution in [-0.2, 0) is 4.79 Å². The third-order valence-corrected chi connectivity index (χ3v) is 2.43. The highest BCUT2D eigenvalue weighted by Crippen LogP contribution is 2.19. The van der Waals surface area contributed by atoms with Crippen LogP contribution in [0.25, 0.3) is 10.9 Å². The molecule has 2 rings (SSSR count). The van der Waals surface area contributed by atoms with Crippen molar-refractivity contribution in [1.29, 1.82) is 0 Å². The number of fused-ring (bicyclic) bond motifs is 1. The first-order chi connectivity index (χ1) is 8.16. The number of para-hydroxylation sites is 1. The fraction of sp³-hybridized carbons (Fsp3) is 0.0769. The largest absolute Gasteiger partial charge is 0.481 e. The first kappa shape index (κ1) is 11.4. The maximum Gasteiger partial charge on any atom is 0.315 e. The summed E-state index contributed by atoms with van der Waals surface area (Å²) in [6, 6.07) is 9.34. The van der Waals surface area contributed by atoms with Crippen LogP contribution in [0.15, 0.2) is 30.3 Å². The number of benzene rings is 1. The van der Waals surface area contributed by atoms with E-state index in [9.17, 15) is 4.79 Å². The Morgan fingerprint density at radius 3 is 2.94 bits per heavy atom. The van der Waals surface area contributed by atoms with Gasteiger partial charge in [0.15, 0.2) is 0 Å². The number of hydrogen-bond acceptors (Lipinski definition) is 2. The zero-order valence-electron chi connectivity index (χ0n) is 8.77. The summed E-state index contributed by atoms with van der Waals surface area (Å²) in [7, 11) is 0. The molecular formula is C13H8ClNO2. The first-order valence-corrected chi connectivity index (χ1v) is 5.30. The SMILES string of the molecule is O=C(O)CC#Cc1cc2ccccc2nc1Cl. The molecule has 0 aliphatic rings. The Labute approximate surface area is 103 Å². The second-order valence-corrected chi connectivity index (χ2v) is 3.75. The van der Waals surface area contributed by atoms with Gasteiger partial charge in [-0.3, -0.25) is 4.79 Å². The Bertz CT molecular complexity index is 641.